The van der Waals surface area contributed by atoms with Gasteiger partial charge >= 0.3 is 0 Å². The standard InChI is InChI=1S/C10H14N2O/c1-3-8-6-9(7(2)13)4-5-10(8)12-11/h4-6,12H,3,11H2,1-2H3. The highest BCUT2D eigenvalue weighted by Crippen LogP contribution is 2.17. The molecule has 0 atom stereocenters. The number of carbonyl (C=O) groups excluding carboxylic acids is 1. The van der Waals surface area contributed by atoms with Crippen molar-refractivity contribution in [2.75, 3.05) is 5.43 Å². The van der Waals surface area contributed by atoms with Crippen molar-refractivity contribution in [2.24, 2.45) is 5.84 Å². The normalized spacial score (nSPS) is 9.77. The molecule has 0 aromatic heterocycles. The average molecular weight is 178 g/mol. The molecule has 0 unspecified atom stereocenters. The quantitative estimate of drug-likeness (QED) is 0.421. The van der Waals surface area contributed by atoms with Gasteiger partial charge in [-0.3, -0.25) is 10.6 Å². The molecule has 0 aliphatic carbocycles. The number of nitrogen functional groups attached to an aromatic ring is 1. The molecule has 0 saturated carbocycles. The molecule has 0 bridgehead atoms. The van der Waals surface area contributed by atoms with Gasteiger partial charge in [0.1, 0.15) is 0 Å². The third kappa shape index (κ3) is 2.06. The summed E-state index contributed by atoms with van der Waals surface area (Å²) in [6.45, 7) is 3.59. The van der Waals surface area contributed by atoms with Gasteiger partial charge in [-0.2, -0.15) is 0 Å². The first-order chi connectivity index (χ1) is 6.19. The second-order valence-electron chi connectivity index (χ2n) is 2.93. The molecule has 13 heavy (non-hydrogen) atoms. The Balaban J connectivity index is 3.13. The Morgan fingerprint density at radius 3 is 2.69 bits per heavy atom. The number of nitrogens with two attached hydrogens (primary N) is 1. The summed E-state index contributed by atoms with van der Waals surface area (Å²) in [7, 11) is 0. The summed E-state index contributed by atoms with van der Waals surface area (Å²) in [6.07, 6.45) is 0.862. The Labute approximate surface area is 77.9 Å². The molecule has 3 nitrogen and oxygen atoms in total. The minimum absolute atomic E-state index is 0.0817. The second-order valence-corrected chi connectivity index (χ2v) is 2.93. The van der Waals surface area contributed by atoms with E-state index in [1.165, 1.54) is 0 Å². The van der Waals surface area contributed by atoms with Gasteiger partial charge in [0.25, 0.3) is 0 Å². The van der Waals surface area contributed by atoms with Crippen molar-refractivity contribution in [3.05, 3.63) is 29.3 Å². The van der Waals surface area contributed by atoms with Crippen LogP contribution in [-0.4, -0.2) is 5.78 Å². The largest absolute Gasteiger partial charge is 0.324 e. The van der Waals surface area contributed by atoms with E-state index in [0.717, 1.165) is 23.2 Å². The van der Waals surface area contributed by atoms with E-state index in [1.807, 2.05) is 19.1 Å². The van der Waals surface area contributed by atoms with E-state index in [2.05, 4.69) is 5.43 Å². The lowest BCUT2D eigenvalue weighted by molar-refractivity contribution is 0.101. The number of benzene rings is 1. The Morgan fingerprint density at radius 1 is 1.54 bits per heavy atom. The van der Waals surface area contributed by atoms with Crippen LogP contribution in [0, 0.1) is 0 Å². The first kappa shape index (κ1) is 9.74. The molecule has 0 aliphatic rings. The summed E-state index contributed by atoms with van der Waals surface area (Å²) in [5, 5.41) is 0. The predicted octanol–water partition coefficient (Wildman–Crippen LogP) is 1.74. The van der Waals surface area contributed by atoms with Crippen LogP contribution in [-0.2, 0) is 6.42 Å². The van der Waals surface area contributed by atoms with Crippen molar-refractivity contribution in [2.45, 2.75) is 20.3 Å². The van der Waals surface area contributed by atoms with Crippen LogP contribution in [0.2, 0.25) is 0 Å². The summed E-state index contributed by atoms with van der Waals surface area (Å²) in [4.78, 5) is 11.1. The fraction of sp³-hybridized carbons (Fsp3) is 0.300. The van der Waals surface area contributed by atoms with Gasteiger partial charge in [0.15, 0.2) is 5.78 Å². The lowest BCUT2D eigenvalue weighted by atomic mass is 10.0. The topological polar surface area (TPSA) is 55.1 Å². The zero-order valence-corrected chi connectivity index (χ0v) is 7.92. The van der Waals surface area contributed by atoms with Crippen LogP contribution in [0.4, 0.5) is 5.69 Å². The van der Waals surface area contributed by atoms with Gasteiger partial charge in [-0.15, -0.1) is 0 Å². The number of hydrogen-bond acceptors (Lipinski definition) is 3. The third-order valence-corrected chi connectivity index (χ3v) is 2.05. The van der Waals surface area contributed by atoms with E-state index in [1.54, 1.807) is 13.0 Å². The number of rotatable bonds is 3. The van der Waals surface area contributed by atoms with Crippen LogP contribution >= 0.6 is 0 Å². The van der Waals surface area contributed by atoms with E-state index < -0.39 is 0 Å². The monoisotopic (exact) mass is 178 g/mol. The molecule has 3 N–H and O–H groups in total. The Kier molecular flexibility index (Phi) is 3.03. The van der Waals surface area contributed by atoms with E-state index >= 15 is 0 Å². The number of carbonyl (C=O) groups is 1. The average Bonchev–Trinajstić information content (AvgIpc) is 2.16. The highest BCUT2D eigenvalue weighted by atomic mass is 16.1. The maximum absolute atomic E-state index is 11.1. The number of anilines is 1. The number of nitrogens with one attached hydrogen (secondary N) is 1. The summed E-state index contributed by atoms with van der Waals surface area (Å²) < 4.78 is 0. The molecule has 0 radical (unpaired) electrons. The molecule has 1 aromatic rings. The zero-order valence-electron chi connectivity index (χ0n) is 7.92. The van der Waals surface area contributed by atoms with Crippen molar-refractivity contribution >= 4 is 11.5 Å². The van der Waals surface area contributed by atoms with Crippen molar-refractivity contribution < 1.29 is 4.79 Å². The Morgan fingerprint density at radius 2 is 2.23 bits per heavy atom. The number of ketones is 1. The molecule has 0 fully saturated rings. The van der Waals surface area contributed by atoms with E-state index in [9.17, 15) is 4.79 Å². The second kappa shape index (κ2) is 4.05. The van der Waals surface area contributed by atoms with E-state index in [4.69, 9.17) is 5.84 Å². The molecule has 0 saturated heterocycles. The van der Waals surface area contributed by atoms with Crippen molar-refractivity contribution in [1.82, 2.24) is 0 Å². The number of aryl methyl sites for hydroxylation is 1. The third-order valence-electron chi connectivity index (χ3n) is 2.05. The van der Waals surface area contributed by atoms with Gasteiger partial charge in [-0.1, -0.05) is 6.92 Å². The molecule has 0 heterocycles. The number of hydrazine groups is 1. The highest BCUT2D eigenvalue weighted by Gasteiger charge is 2.03. The van der Waals surface area contributed by atoms with Crippen molar-refractivity contribution in [1.29, 1.82) is 0 Å². The lowest BCUT2D eigenvalue weighted by Crippen LogP contribution is -2.09. The molecule has 1 aromatic carbocycles. The molecule has 0 spiro atoms. The van der Waals surface area contributed by atoms with Gasteiger partial charge in [0, 0.05) is 5.56 Å². The van der Waals surface area contributed by atoms with E-state index in [0.29, 0.717) is 0 Å². The van der Waals surface area contributed by atoms with Gasteiger partial charge in [0.2, 0.25) is 0 Å². The first-order valence-electron chi connectivity index (χ1n) is 4.29. The summed E-state index contributed by atoms with van der Waals surface area (Å²) >= 11 is 0. The summed E-state index contributed by atoms with van der Waals surface area (Å²) in [6, 6.07) is 5.48. The van der Waals surface area contributed by atoms with Crippen molar-refractivity contribution in [3.63, 3.8) is 0 Å². The molecule has 3 heteroatoms. The Bertz CT molecular complexity index is 321. The number of Topliss-reactive ketones (excluding diaryl/α,β-unsaturated/α-hetero) is 1. The zero-order chi connectivity index (χ0) is 9.84. The predicted molar refractivity (Wildman–Crippen MR) is 53.6 cm³/mol. The minimum Gasteiger partial charge on any atom is -0.324 e. The smallest absolute Gasteiger partial charge is 0.159 e. The SMILES string of the molecule is CCc1cc(C(C)=O)ccc1NN. The molecule has 0 amide bonds. The van der Waals surface area contributed by atoms with E-state index in [-0.39, 0.29) is 5.78 Å². The molecule has 1 rings (SSSR count). The summed E-state index contributed by atoms with van der Waals surface area (Å²) in [5.74, 6) is 5.40. The van der Waals surface area contributed by atoms with Crippen LogP contribution in [0.5, 0.6) is 0 Å². The summed E-state index contributed by atoms with van der Waals surface area (Å²) in [5.41, 5.74) is 5.28. The fourth-order valence-electron chi connectivity index (χ4n) is 1.25. The maximum atomic E-state index is 11.1. The van der Waals surface area contributed by atoms with Crippen LogP contribution in [0.3, 0.4) is 0 Å². The van der Waals surface area contributed by atoms with Gasteiger partial charge in [0.05, 0.1) is 5.69 Å². The molecule has 70 valence electrons. The van der Waals surface area contributed by atoms with Crippen molar-refractivity contribution in [3.8, 4) is 0 Å². The highest BCUT2D eigenvalue weighted by molar-refractivity contribution is 5.94. The first-order valence-corrected chi connectivity index (χ1v) is 4.29. The number of hydrogen-bond donors (Lipinski definition) is 2. The van der Waals surface area contributed by atoms with Gasteiger partial charge < -0.3 is 5.43 Å². The molecule has 0 aliphatic heterocycles. The van der Waals surface area contributed by atoms with Gasteiger partial charge in [-0.25, -0.2) is 0 Å². The van der Waals surface area contributed by atoms with Crippen LogP contribution in [0.15, 0.2) is 18.2 Å². The van der Waals surface area contributed by atoms with Crippen LogP contribution in [0.25, 0.3) is 0 Å². The van der Waals surface area contributed by atoms with Crippen LogP contribution < -0.4 is 11.3 Å². The lowest BCUT2D eigenvalue weighted by Gasteiger charge is -2.07. The fourth-order valence-corrected chi connectivity index (χ4v) is 1.25. The minimum atomic E-state index is 0.0817. The maximum Gasteiger partial charge on any atom is 0.159 e. The molecular weight excluding hydrogens is 164 g/mol. The van der Waals surface area contributed by atoms with Crippen LogP contribution in [0.1, 0.15) is 29.8 Å². The Hall–Kier alpha value is -1.35. The van der Waals surface area contributed by atoms with Gasteiger partial charge in [-0.05, 0) is 37.1 Å². The molecular formula is C10H14N2O.